The Labute approximate surface area is 119 Å². The van der Waals surface area contributed by atoms with Crippen LogP contribution in [0.4, 0.5) is 0 Å². The van der Waals surface area contributed by atoms with Crippen LogP contribution in [0.2, 0.25) is 0 Å². The molecule has 0 saturated heterocycles. The molecular weight excluding hydrogens is 254 g/mol. The highest BCUT2D eigenvalue weighted by Crippen LogP contribution is 2.35. The van der Waals surface area contributed by atoms with Crippen LogP contribution in [0, 0.1) is 5.41 Å². The third-order valence-corrected chi connectivity index (χ3v) is 3.68. The van der Waals surface area contributed by atoms with E-state index in [1.807, 2.05) is 45.0 Å². The maximum absolute atomic E-state index is 12.6. The molecule has 0 aliphatic carbocycles. The van der Waals surface area contributed by atoms with Crippen molar-refractivity contribution in [2.24, 2.45) is 5.41 Å². The van der Waals surface area contributed by atoms with E-state index >= 15 is 0 Å². The number of aliphatic carboxylic acids is 1. The van der Waals surface area contributed by atoms with Crippen molar-refractivity contribution in [2.45, 2.75) is 39.7 Å². The fraction of sp³-hybridized carbons (Fsp3) is 0.500. The molecule has 1 N–H and O–H groups in total. The van der Waals surface area contributed by atoms with Gasteiger partial charge in [0.2, 0.25) is 5.91 Å². The lowest BCUT2D eigenvalue weighted by Crippen LogP contribution is -2.46. The third kappa shape index (κ3) is 2.84. The second-order valence-electron chi connectivity index (χ2n) is 6.31. The van der Waals surface area contributed by atoms with Crippen LogP contribution in [-0.4, -0.2) is 28.4 Å². The Hall–Kier alpha value is -1.84. The molecule has 2 rings (SSSR count). The molecule has 0 spiro atoms. The van der Waals surface area contributed by atoms with Gasteiger partial charge in [-0.05, 0) is 17.5 Å². The minimum atomic E-state index is -0.876. The van der Waals surface area contributed by atoms with Gasteiger partial charge in [0, 0.05) is 12.0 Å². The van der Waals surface area contributed by atoms with Crippen molar-refractivity contribution in [1.82, 2.24) is 4.90 Å². The van der Waals surface area contributed by atoms with Crippen molar-refractivity contribution in [2.75, 3.05) is 6.54 Å². The normalized spacial score (nSPS) is 18.6. The number of nitrogens with zero attached hydrogens (tertiary/aromatic N) is 1. The molecule has 1 aliphatic heterocycles. The van der Waals surface area contributed by atoms with Crippen molar-refractivity contribution in [3.05, 3.63) is 35.4 Å². The first-order valence-corrected chi connectivity index (χ1v) is 6.91. The van der Waals surface area contributed by atoms with Crippen LogP contribution in [0.5, 0.6) is 0 Å². The van der Waals surface area contributed by atoms with Crippen molar-refractivity contribution in [3.63, 3.8) is 0 Å². The summed E-state index contributed by atoms with van der Waals surface area (Å²) in [7, 11) is 0. The Morgan fingerprint density at radius 1 is 1.30 bits per heavy atom. The molecule has 0 aromatic heterocycles. The molecular formula is C16H21NO3. The molecule has 0 fully saturated rings. The molecule has 20 heavy (non-hydrogen) atoms. The number of carbonyl (C=O) groups excluding carboxylic acids is 1. The highest BCUT2D eigenvalue weighted by molar-refractivity contribution is 5.83. The molecule has 1 aliphatic rings. The summed E-state index contributed by atoms with van der Waals surface area (Å²) in [6.07, 6.45) is 0.743. The molecule has 0 radical (unpaired) electrons. The topological polar surface area (TPSA) is 57.6 Å². The summed E-state index contributed by atoms with van der Waals surface area (Å²) in [5, 5.41) is 9.16. The summed E-state index contributed by atoms with van der Waals surface area (Å²) in [5.74, 6) is -0.864. The van der Waals surface area contributed by atoms with E-state index in [1.54, 1.807) is 4.90 Å². The second-order valence-corrected chi connectivity index (χ2v) is 6.31. The minimum Gasteiger partial charge on any atom is -0.481 e. The van der Waals surface area contributed by atoms with Crippen LogP contribution in [0.15, 0.2) is 24.3 Å². The van der Waals surface area contributed by atoms with E-state index < -0.39 is 11.4 Å². The van der Waals surface area contributed by atoms with Gasteiger partial charge >= 0.3 is 5.97 Å². The summed E-state index contributed by atoms with van der Waals surface area (Å²) in [5.41, 5.74) is 1.62. The van der Waals surface area contributed by atoms with Gasteiger partial charge in [-0.2, -0.15) is 0 Å². The van der Waals surface area contributed by atoms with Gasteiger partial charge in [0.15, 0.2) is 0 Å². The van der Waals surface area contributed by atoms with Crippen LogP contribution in [0.3, 0.4) is 0 Å². The molecule has 0 saturated carbocycles. The molecule has 1 aromatic carbocycles. The molecule has 1 amide bonds. The highest BCUT2D eigenvalue weighted by Gasteiger charge is 2.36. The van der Waals surface area contributed by atoms with Crippen LogP contribution < -0.4 is 0 Å². The Morgan fingerprint density at radius 3 is 2.55 bits per heavy atom. The van der Waals surface area contributed by atoms with E-state index in [9.17, 15) is 9.59 Å². The Balaban J connectivity index is 2.39. The van der Waals surface area contributed by atoms with E-state index in [0.717, 1.165) is 17.5 Å². The first kappa shape index (κ1) is 14.6. The average molecular weight is 275 g/mol. The smallest absolute Gasteiger partial charge is 0.305 e. The lowest BCUT2D eigenvalue weighted by molar-refractivity contribution is -0.146. The Bertz CT molecular complexity index is 531. The Kier molecular flexibility index (Phi) is 3.84. The van der Waals surface area contributed by atoms with Crippen molar-refractivity contribution in [1.29, 1.82) is 0 Å². The van der Waals surface area contributed by atoms with Gasteiger partial charge < -0.3 is 10.0 Å². The lowest BCUT2D eigenvalue weighted by atomic mass is 9.87. The van der Waals surface area contributed by atoms with E-state index in [-0.39, 0.29) is 18.4 Å². The molecule has 1 heterocycles. The number of hydrogen-bond donors (Lipinski definition) is 1. The number of fused-ring (bicyclic) bond motifs is 1. The van der Waals surface area contributed by atoms with Crippen molar-refractivity contribution < 1.29 is 14.7 Å². The molecule has 0 bridgehead atoms. The van der Waals surface area contributed by atoms with Gasteiger partial charge in [0.05, 0.1) is 12.5 Å². The number of benzene rings is 1. The van der Waals surface area contributed by atoms with Crippen LogP contribution in [0.25, 0.3) is 0 Å². The van der Waals surface area contributed by atoms with Crippen LogP contribution in [-0.2, 0) is 16.0 Å². The van der Waals surface area contributed by atoms with Gasteiger partial charge in [0.25, 0.3) is 0 Å². The molecule has 1 aromatic rings. The van der Waals surface area contributed by atoms with Crippen LogP contribution >= 0.6 is 0 Å². The van der Waals surface area contributed by atoms with E-state index in [2.05, 4.69) is 0 Å². The fourth-order valence-corrected chi connectivity index (χ4v) is 2.71. The highest BCUT2D eigenvalue weighted by atomic mass is 16.4. The van der Waals surface area contributed by atoms with Gasteiger partial charge in [-0.15, -0.1) is 0 Å². The maximum atomic E-state index is 12.6. The first-order valence-electron chi connectivity index (χ1n) is 6.91. The summed E-state index contributed by atoms with van der Waals surface area (Å²) in [6.45, 7) is 6.19. The SMILES string of the molecule is CC(C)(C)C(=O)N1CCc2ccccc2C1CC(=O)O. The van der Waals surface area contributed by atoms with Gasteiger partial charge in [0.1, 0.15) is 0 Å². The molecule has 4 heteroatoms. The van der Waals surface area contributed by atoms with E-state index in [0.29, 0.717) is 6.54 Å². The summed E-state index contributed by atoms with van der Waals surface area (Å²) in [6, 6.07) is 7.45. The van der Waals surface area contributed by atoms with Gasteiger partial charge in [-0.1, -0.05) is 45.0 Å². The van der Waals surface area contributed by atoms with Gasteiger partial charge in [-0.3, -0.25) is 9.59 Å². The number of carbonyl (C=O) groups is 2. The maximum Gasteiger partial charge on any atom is 0.305 e. The average Bonchev–Trinajstić information content (AvgIpc) is 2.37. The number of carboxylic acids is 1. The quantitative estimate of drug-likeness (QED) is 0.902. The summed E-state index contributed by atoms with van der Waals surface area (Å²) in [4.78, 5) is 25.4. The summed E-state index contributed by atoms with van der Waals surface area (Å²) >= 11 is 0. The van der Waals surface area contributed by atoms with Crippen LogP contribution in [0.1, 0.15) is 44.4 Å². The third-order valence-electron chi connectivity index (χ3n) is 3.68. The van der Waals surface area contributed by atoms with E-state index in [4.69, 9.17) is 5.11 Å². The number of rotatable bonds is 2. The number of hydrogen-bond acceptors (Lipinski definition) is 2. The zero-order valence-electron chi connectivity index (χ0n) is 12.2. The Morgan fingerprint density at radius 2 is 1.95 bits per heavy atom. The second kappa shape index (κ2) is 5.27. The minimum absolute atomic E-state index is 0.0123. The number of carboxylic acid groups (broad SMARTS) is 1. The number of amides is 1. The molecule has 1 unspecified atom stereocenters. The van der Waals surface area contributed by atoms with E-state index in [1.165, 1.54) is 0 Å². The van der Waals surface area contributed by atoms with Crippen molar-refractivity contribution in [3.8, 4) is 0 Å². The molecule has 1 atom stereocenters. The summed E-state index contributed by atoms with van der Waals surface area (Å²) < 4.78 is 0. The standard InChI is InChI=1S/C16H21NO3/c1-16(2,3)15(20)17-9-8-11-6-4-5-7-12(11)13(17)10-14(18)19/h4-7,13H,8-10H2,1-3H3,(H,18,19). The van der Waals surface area contributed by atoms with Crippen molar-refractivity contribution >= 4 is 11.9 Å². The van der Waals surface area contributed by atoms with Gasteiger partial charge in [-0.25, -0.2) is 0 Å². The lowest BCUT2D eigenvalue weighted by Gasteiger charge is -2.40. The zero-order valence-corrected chi connectivity index (χ0v) is 12.2. The largest absolute Gasteiger partial charge is 0.481 e. The molecule has 4 nitrogen and oxygen atoms in total. The monoisotopic (exact) mass is 275 g/mol. The first-order chi connectivity index (χ1) is 9.30. The predicted molar refractivity (Wildman–Crippen MR) is 76.3 cm³/mol. The predicted octanol–water partition coefficient (Wildman–Crippen LogP) is 2.63. The molecule has 108 valence electrons. The fourth-order valence-electron chi connectivity index (χ4n) is 2.71. The zero-order chi connectivity index (χ0) is 14.9.